The monoisotopic (exact) mass is 386 g/mol. The van der Waals surface area contributed by atoms with Gasteiger partial charge >= 0.3 is 0 Å². The first-order chi connectivity index (χ1) is 13.1. The highest BCUT2D eigenvalue weighted by molar-refractivity contribution is 6.30. The van der Waals surface area contributed by atoms with Gasteiger partial charge in [-0.15, -0.1) is 0 Å². The van der Waals surface area contributed by atoms with E-state index in [2.05, 4.69) is 22.3 Å². The maximum Gasteiger partial charge on any atom is 0.229 e. The molecule has 5 atom stereocenters. The van der Waals surface area contributed by atoms with Gasteiger partial charge in [0.2, 0.25) is 5.91 Å². The quantitative estimate of drug-likeness (QED) is 0.846. The van der Waals surface area contributed by atoms with Crippen molar-refractivity contribution in [3.8, 4) is 0 Å². The molecule has 1 amide bonds. The van der Waals surface area contributed by atoms with Crippen molar-refractivity contribution >= 4 is 17.5 Å². The summed E-state index contributed by atoms with van der Waals surface area (Å²) < 4.78 is 0. The molecule has 3 unspecified atom stereocenters. The van der Waals surface area contributed by atoms with E-state index >= 15 is 0 Å². The molecule has 1 aromatic rings. The Balaban J connectivity index is 1.39. The van der Waals surface area contributed by atoms with Gasteiger partial charge < -0.3 is 10.2 Å². The van der Waals surface area contributed by atoms with Crippen LogP contribution in [0.25, 0.3) is 0 Å². The summed E-state index contributed by atoms with van der Waals surface area (Å²) >= 11 is 6.09. The average Bonchev–Trinajstić information content (AvgIpc) is 3.37. The van der Waals surface area contributed by atoms with Crippen LogP contribution in [0.15, 0.2) is 24.3 Å². The fourth-order valence-electron chi connectivity index (χ4n) is 6.70. The number of rotatable bonds is 3. The third kappa shape index (κ3) is 3.21. The van der Waals surface area contributed by atoms with Gasteiger partial charge in [-0.3, -0.25) is 4.79 Å². The molecule has 0 radical (unpaired) electrons. The van der Waals surface area contributed by atoms with Gasteiger partial charge in [-0.25, -0.2) is 0 Å². The van der Waals surface area contributed by atoms with Crippen LogP contribution >= 0.6 is 11.6 Å². The number of hydrogen-bond acceptors (Lipinski definition) is 2. The van der Waals surface area contributed by atoms with Crippen LogP contribution in [0.2, 0.25) is 5.02 Å². The summed E-state index contributed by atoms with van der Waals surface area (Å²) in [4.78, 5) is 16.2. The normalized spacial score (nSPS) is 38.0. The number of hydrogen-bond donors (Lipinski definition) is 1. The molecule has 0 aromatic heterocycles. The second-order valence-electron chi connectivity index (χ2n) is 9.59. The van der Waals surface area contributed by atoms with E-state index in [0.29, 0.717) is 11.8 Å². The Morgan fingerprint density at radius 1 is 1.07 bits per heavy atom. The molecule has 4 fully saturated rings. The van der Waals surface area contributed by atoms with E-state index in [1.807, 2.05) is 12.1 Å². The Morgan fingerprint density at radius 2 is 1.78 bits per heavy atom. The maximum atomic E-state index is 13.9. The molecular formula is C23H31ClN2O. The second-order valence-corrected chi connectivity index (χ2v) is 10.0. The first kappa shape index (κ1) is 18.0. The SMILES string of the molecule is O=C(N1CC[C@@H]2CNC[C@@H]2CC1)C1(Cc2ccc(Cl)cc2)CC2CCC1C2. The molecule has 4 aliphatic rings. The van der Waals surface area contributed by atoms with E-state index < -0.39 is 0 Å². The van der Waals surface area contributed by atoms with Crippen molar-refractivity contribution in [2.75, 3.05) is 26.2 Å². The summed E-state index contributed by atoms with van der Waals surface area (Å²) in [6.07, 6.45) is 8.19. The number of fused-ring (bicyclic) bond motifs is 3. The molecule has 2 saturated heterocycles. The van der Waals surface area contributed by atoms with E-state index in [0.717, 1.165) is 61.8 Å². The molecular weight excluding hydrogens is 356 g/mol. The molecule has 2 aliphatic carbocycles. The molecule has 2 bridgehead atoms. The molecule has 3 nitrogen and oxygen atoms in total. The lowest BCUT2D eigenvalue weighted by atomic mass is 9.68. The molecule has 4 heteroatoms. The molecule has 1 aromatic carbocycles. The Kier molecular flexibility index (Phi) is 4.72. The number of nitrogens with zero attached hydrogens (tertiary/aromatic N) is 1. The number of halogens is 1. The first-order valence-electron chi connectivity index (χ1n) is 10.9. The van der Waals surface area contributed by atoms with Crippen molar-refractivity contribution < 1.29 is 4.79 Å². The summed E-state index contributed by atoms with van der Waals surface area (Å²) in [6.45, 7) is 4.21. The Morgan fingerprint density at radius 3 is 2.37 bits per heavy atom. The molecule has 5 rings (SSSR count). The topological polar surface area (TPSA) is 32.3 Å². The average molecular weight is 387 g/mol. The van der Waals surface area contributed by atoms with Crippen LogP contribution < -0.4 is 5.32 Å². The maximum absolute atomic E-state index is 13.9. The highest BCUT2D eigenvalue weighted by Crippen LogP contribution is 2.58. The zero-order chi connectivity index (χ0) is 18.4. The van der Waals surface area contributed by atoms with Crippen molar-refractivity contribution in [2.45, 2.75) is 44.9 Å². The van der Waals surface area contributed by atoms with Gasteiger partial charge in [0, 0.05) is 18.1 Å². The molecule has 0 spiro atoms. The minimum atomic E-state index is -0.158. The van der Waals surface area contributed by atoms with E-state index in [-0.39, 0.29) is 5.41 Å². The van der Waals surface area contributed by atoms with Crippen molar-refractivity contribution in [1.29, 1.82) is 0 Å². The van der Waals surface area contributed by atoms with E-state index in [4.69, 9.17) is 11.6 Å². The smallest absolute Gasteiger partial charge is 0.229 e. The molecule has 146 valence electrons. The van der Waals surface area contributed by atoms with Gasteiger partial charge in [-0.05, 0) is 93.0 Å². The highest BCUT2D eigenvalue weighted by Gasteiger charge is 2.56. The Bertz CT molecular complexity index is 691. The van der Waals surface area contributed by atoms with Crippen LogP contribution in [0.3, 0.4) is 0 Å². The number of benzene rings is 1. The second kappa shape index (κ2) is 7.08. The lowest BCUT2D eigenvalue weighted by Gasteiger charge is -2.40. The molecule has 1 N–H and O–H groups in total. The van der Waals surface area contributed by atoms with Crippen LogP contribution in [0.4, 0.5) is 0 Å². The first-order valence-corrected chi connectivity index (χ1v) is 11.3. The number of likely N-dealkylation sites (tertiary alicyclic amines) is 1. The predicted molar refractivity (Wildman–Crippen MR) is 109 cm³/mol. The minimum Gasteiger partial charge on any atom is -0.342 e. The van der Waals surface area contributed by atoms with E-state index in [1.165, 1.54) is 37.7 Å². The third-order valence-electron chi connectivity index (χ3n) is 8.14. The summed E-state index contributed by atoms with van der Waals surface area (Å²) in [6, 6.07) is 8.20. The Hall–Kier alpha value is -1.06. The summed E-state index contributed by atoms with van der Waals surface area (Å²) in [5.74, 6) is 3.36. The molecule has 2 aliphatic heterocycles. The standard InChI is InChI=1S/C23H31ClN2O/c24-21-5-2-16(3-6-21)12-23(13-17-1-4-20(23)11-17)22(27)26-9-7-18-14-25-15-19(18)8-10-26/h2-3,5-6,17-20,25H,1,4,7-15H2/t17?,18-,19+,20?,23?. The lowest BCUT2D eigenvalue weighted by Crippen LogP contribution is -2.48. The van der Waals surface area contributed by atoms with Crippen LogP contribution in [-0.2, 0) is 11.2 Å². The van der Waals surface area contributed by atoms with Gasteiger partial charge in [0.05, 0.1) is 5.41 Å². The van der Waals surface area contributed by atoms with E-state index in [9.17, 15) is 4.79 Å². The van der Waals surface area contributed by atoms with Crippen molar-refractivity contribution in [2.24, 2.45) is 29.1 Å². The summed E-state index contributed by atoms with van der Waals surface area (Å²) in [5, 5.41) is 4.32. The number of carbonyl (C=O) groups is 1. The van der Waals surface area contributed by atoms with Gasteiger partial charge in [0.25, 0.3) is 0 Å². The fourth-order valence-corrected chi connectivity index (χ4v) is 6.83. The van der Waals surface area contributed by atoms with Gasteiger partial charge in [0.1, 0.15) is 0 Å². The summed E-state index contributed by atoms with van der Waals surface area (Å²) in [7, 11) is 0. The third-order valence-corrected chi connectivity index (χ3v) is 8.39. The van der Waals surface area contributed by atoms with Crippen LogP contribution in [0, 0.1) is 29.1 Å². The zero-order valence-electron chi connectivity index (χ0n) is 16.1. The van der Waals surface area contributed by atoms with Crippen molar-refractivity contribution in [1.82, 2.24) is 10.2 Å². The number of nitrogens with one attached hydrogen (secondary N) is 1. The molecule has 27 heavy (non-hydrogen) atoms. The predicted octanol–water partition coefficient (Wildman–Crippen LogP) is 4.15. The largest absolute Gasteiger partial charge is 0.342 e. The highest BCUT2D eigenvalue weighted by atomic mass is 35.5. The van der Waals surface area contributed by atoms with Crippen molar-refractivity contribution in [3.05, 3.63) is 34.9 Å². The minimum absolute atomic E-state index is 0.158. The van der Waals surface area contributed by atoms with Crippen molar-refractivity contribution in [3.63, 3.8) is 0 Å². The fraction of sp³-hybridized carbons (Fsp3) is 0.696. The lowest BCUT2D eigenvalue weighted by molar-refractivity contribution is -0.145. The molecule has 2 saturated carbocycles. The van der Waals surface area contributed by atoms with Gasteiger partial charge in [0.15, 0.2) is 0 Å². The van der Waals surface area contributed by atoms with Crippen LogP contribution in [0.1, 0.15) is 44.1 Å². The van der Waals surface area contributed by atoms with Gasteiger partial charge in [-0.2, -0.15) is 0 Å². The van der Waals surface area contributed by atoms with Crippen LogP contribution in [0.5, 0.6) is 0 Å². The zero-order valence-corrected chi connectivity index (χ0v) is 16.9. The van der Waals surface area contributed by atoms with E-state index in [1.54, 1.807) is 0 Å². The van der Waals surface area contributed by atoms with Crippen LogP contribution in [-0.4, -0.2) is 37.0 Å². The Labute approximate surface area is 167 Å². The number of amides is 1. The van der Waals surface area contributed by atoms with Gasteiger partial charge in [-0.1, -0.05) is 30.2 Å². The summed E-state index contributed by atoms with van der Waals surface area (Å²) in [5.41, 5.74) is 1.12. The molecule has 2 heterocycles. The number of carbonyl (C=O) groups excluding carboxylic acids is 1.